The second-order valence-corrected chi connectivity index (χ2v) is 7.04. The molecule has 2 aromatic carbocycles. The van der Waals surface area contributed by atoms with E-state index in [4.69, 9.17) is 14.3 Å². The van der Waals surface area contributed by atoms with Gasteiger partial charge in [0.2, 0.25) is 15.5 Å². The average molecular weight is 361 g/mol. The molecule has 25 heavy (non-hydrogen) atoms. The Morgan fingerprint density at radius 3 is 2.56 bits per heavy atom. The van der Waals surface area contributed by atoms with Crippen LogP contribution in [0, 0.1) is 0 Å². The lowest BCUT2D eigenvalue weighted by molar-refractivity contribution is 0.0505. The Balaban J connectivity index is 2.19. The molecule has 0 bridgehead atoms. The summed E-state index contributed by atoms with van der Waals surface area (Å²) in [6.07, 6.45) is 0.693. The lowest BCUT2D eigenvalue weighted by Gasteiger charge is -2.06. The van der Waals surface area contributed by atoms with Crippen LogP contribution in [0.2, 0.25) is 0 Å². The largest absolute Gasteiger partial charge is 0.462 e. The molecule has 8 heteroatoms. The number of hydrogen-bond donors (Lipinski definition) is 1. The first-order valence-corrected chi connectivity index (χ1v) is 9.06. The van der Waals surface area contributed by atoms with Crippen molar-refractivity contribution in [2.24, 2.45) is 5.14 Å². The van der Waals surface area contributed by atoms with Crippen molar-refractivity contribution >= 4 is 37.9 Å². The lowest BCUT2D eigenvalue weighted by atomic mass is 10.1. The maximum absolute atomic E-state index is 12.6. The Labute approximate surface area is 143 Å². The molecular weight excluding hydrogens is 346 g/mol. The summed E-state index contributed by atoms with van der Waals surface area (Å²) in [5, 5.41) is 5.50. The van der Waals surface area contributed by atoms with Crippen molar-refractivity contribution in [2.75, 3.05) is 6.61 Å². The molecule has 0 spiro atoms. The number of primary sulfonamides is 1. The first-order chi connectivity index (χ1) is 11.8. The van der Waals surface area contributed by atoms with E-state index in [-0.39, 0.29) is 37.8 Å². The minimum atomic E-state index is -3.91. The zero-order valence-corrected chi connectivity index (χ0v) is 14.1. The van der Waals surface area contributed by atoms with E-state index >= 15 is 0 Å². The number of benzene rings is 2. The van der Waals surface area contributed by atoms with Crippen LogP contribution in [0.3, 0.4) is 0 Å². The fourth-order valence-corrected chi connectivity index (χ4v) is 2.95. The Morgan fingerprint density at radius 2 is 1.88 bits per heavy atom. The molecule has 0 aliphatic carbocycles. The van der Waals surface area contributed by atoms with Crippen molar-refractivity contribution in [3.05, 3.63) is 52.2 Å². The van der Waals surface area contributed by atoms with Crippen LogP contribution in [-0.4, -0.2) is 21.0 Å². The van der Waals surface area contributed by atoms with E-state index < -0.39 is 16.0 Å². The van der Waals surface area contributed by atoms with Gasteiger partial charge in [0.05, 0.1) is 27.8 Å². The highest BCUT2D eigenvalue weighted by Gasteiger charge is 2.15. The zero-order chi connectivity index (χ0) is 18.2. The zero-order valence-electron chi connectivity index (χ0n) is 13.3. The fraction of sp³-hybridized carbons (Fsp3) is 0.176. The van der Waals surface area contributed by atoms with Gasteiger partial charge in [-0.1, -0.05) is 6.92 Å². The van der Waals surface area contributed by atoms with Gasteiger partial charge in [0.15, 0.2) is 0 Å². The predicted molar refractivity (Wildman–Crippen MR) is 91.9 cm³/mol. The number of sulfonamides is 1. The van der Waals surface area contributed by atoms with E-state index in [1.165, 1.54) is 36.4 Å². The summed E-state index contributed by atoms with van der Waals surface area (Å²) in [4.78, 5) is 24.4. The van der Waals surface area contributed by atoms with Crippen LogP contribution < -0.4 is 10.6 Å². The quantitative estimate of drug-likeness (QED) is 0.562. The molecule has 3 rings (SSSR count). The summed E-state index contributed by atoms with van der Waals surface area (Å²) >= 11 is 0. The van der Waals surface area contributed by atoms with Crippen molar-refractivity contribution in [2.45, 2.75) is 18.2 Å². The predicted octanol–water partition coefficient (Wildman–Crippen LogP) is 2.16. The van der Waals surface area contributed by atoms with E-state index in [1.54, 1.807) is 0 Å². The number of esters is 1. The molecule has 0 atom stereocenters. The number of carbonyl (C=O) groups excluding carboxylic acids is 1. The van der Waals surface area contributed by atoms with Gasteiger partial charge in [-0.25, -0.2) is 18.4 Å². The minimum Gasteiger partial charge on any atom is -0.462 e. The lowest BCUT2D eigenvalue weighted by Crippen LogP contribution is -2.12. The number of ether oxygens (including phenoxy) is 1. The topological polar surface area (TPSA) is 117 Å². The second-order valence-electron chi connectivity index (χ2n) is 5.48. The molecular formula is C17H15NO6S. The van der Waals surface area contributed by atoms with Gasteiger partial charge >= 0.3 is 5.97 Å². The molecule has 3 aromatic rings. The smallest absolute Gasteiger partial charge is 0.338 e. The number of fused-ring (bicyclic) bond motifs is 2. The average Bonchev–Trinajstić information content (AvgIpc) is 2.58. The Kier molecular flexibility index (Phi) is 4.32. The van der Waals surface area contributed by atoms with Gasteiger partial charge in [0.1, 0.15) is 11.2 Å². The van der Waals surface area contributed by atoms with Crippen LogP contribution in [0.4, 0.5) is 0 Å². The van der Waals surface area contributed by atoms with Gasteiger partial charge in [0.25, 0.3) is 0 Å². The molecule has 130 valence electrons. The van der Waals surface area contributed by atoms with Crippen LogP contribution in [0.1, 0.15) is 23.7 Å². The van der Waals surface area contributed by atoms with Crippen LogP contribution in [-0.2, 0) is 14.8 Å². The molecule has 0 amide bonds. The van der Waals surface area contributed by atoms with E-state index in [1.807, 2.05) is 6.92 Å². The van der Waals surface area contributed by atoms with Crippen LogP contribution in [0.15, 0.2) is 50.5 Å². The Hall–Kier alpha value is -2.71. The molecule has 1 heterocycles. The second kappa shape index (κ2) is 6.30. The molecule has 0 saturated carbocycles. The van der Waals surface area contributed by atoms with E-state index in [9.17, 15) is 18.0 Å². The van der Waals surface area contributed by atoms with Crippen LogP contribution >= 0.6 is 0 Å². The normalized spacial score (nSPS) is 11.8. The molecule has 0 fully saturated rings. The summed E-state index contributed by atoms with van der Waals surface area (Å²) in [6, 6.07) is 8.14. The minimum absolute atomic E-state index is 0.102. The Bertz CT molecular complexity index is 1150. The van der Waals surface area contributed by atoms with Crippen LogP contribution in [0.25, 0.3) is 21.9 Å². The molecule has 0 unspecified atom stereocenters. The monoisotopic (exact) mass is 361 g/mol. The van der Waals surface area contributed by atoms with Crippen molar-refractivity contribution in [1.29, 1.82) is 0 Å². The molecule has 2 N–H and O–H groups in total. The van der Waals surface area contributed by atoms with Gasteiger partial charge in [0, 0.05) is 6.07 Å². The van der Waals surface area contributed by atoms with Crippen molar-refractivity contribution in [3.8, 4) is 0 Å². The number of rotatable bonds is 4. The molecule has 0 saturated heterocycles. The number of hydrogen-bond acceptors (Lipinski definition) is 6. The highest BCUT2D eigenvalue weighted by atomic mass is 32.2. The molecule has 1 aromatic heterocycles. The summed E-state index contributed by atoms with van der Waals surface area (Å²) in [5.41, 5.74) is 0.206. The van der Waals surface area contributed by atoms with Gasteiger partial charge < -0.3 is 9.15 Å². The third-order valence-electron chi connectivity index (χ3n) is 3.64. The highest BCUT2D eigenvalue weighted by molar-refractivity contribution is 7.89. The van der Waals surface area contributed by atoms with Gasteiger partial charge in [-0.3, -0.25) is 4.79 Å². The van der Waals surface area contributed by atoms with Crippen LogP contribution in [0.5, 0.6) is 0 Å². The SMILES string of the molecule is CCCOC(=O)c1ccc2oc3cc(S(N)(=O)=O)ccc3c(=O)c2c1. The first kappa shape index (κ1) is 17.1. The van der Waals surface area contributed by atoms with Crippen molar-refractivity contribution < 1.29 is 22.4 Å². The maximum Gasteiger partial charge on any atom is 0.338 e. The van der Waals surface area contributed by atoms with E-state index in [0.717, 1.165) is 0 Å². The third-order valence-corrected chi connectivity index (χ3v) is 4.55. The highest BCUT2D eigenvalue weighted by Crippen LogP contribution is 2.22. The first-order valence-electron chi connectivity index (χ1n) is 7.52. The molecule has 0 aliphatic rings. The summed E-state index contributed by atoms with van der Waals surface area (Å²) in [5.74, 6) is -0.521. The van der Waals surface area contributed by atoms with Crippen molar-refractivity contribution in [3.63, 3.8) is 0 Å². The molecule has 0 radical (unpaired) electrons. The summed E-state index contributed by atoms with van der Waals surface area (Å²) in [7, 11) is -3.91. The van der Waals surface area contributed by atoms with Crippen molar-refractivity contribution in [1.82, 2.24) is 0 Å². The van der Waals surface area contributed by atoms with E-state index in [0.29, 0.717) is 13.0 Å². The maximum atomic E-state index is 12.6. The Morgan fingerprint density at radius 1 is 1.12 bits per heavy atom. The fourth-order valence-electron chi connectivity index (χ4n) is 2.42. The summed E-state index contributed by atoms with van der Waals surface area (Å²) in [6.45, 7) is 2.17. The number of nitrogens with two attached hydrogens (primary N) is 1. The van der Waals surface area contributed by atoms with Gasteiger partial charge in [-0.15, -0.1) is 0 Å². The van der Waals surface area contributed by atoms with Gasteiger partial charge in [-0.2, -0.15) is 0 Å². The third kappa shape index (κ3) is 3.26. The van der Waals surface area contributed by atoms with E-state index in [2.05, 4.69) is 0 Å². The molecule has 7 nitrogen and oxygen atoms in total. The standard InChI is InChI=1S/C17H15NO6S/c1-2-7-23-17(20)10-3-6-14-13(8-10)16(19)12-5-4-11(25(18,21)22)9-15(12)24-14/h3-6,8-9H,2,7H2,1H3,(H2,18,21,22). The number of carbonyl (C=O) groups is 1. The molecule has 0 aliphatic heterocycles. The van der Waals surface area contributed by atoms with Gasteiger partial charge in [-0.05, 0) is 36.8 Å². The summed E-state index contributed by atoms with van der Waals surface area (Å²) < 4.78 is 33.5.